The van der Waals surface area contributed by atoms with Crippen molar-refractivity contribution >= 4 is 55.1 Å². The molecule has 4 heterocycles. The summed E-state index contributed by atoms with van der Waals surface area (Å²) in [7, 11) is -1.98. The maximum absolute atomic E-state index is 12.6. The summed E-state index contributed by atoms with van der Waals surface area (Å²) in [4.78, 5) is 27.0. The van der Waals surface area contributed by atoms with E-state index in [4.69, 9.17) is 0 Å². The molecule has 0 atom stereocenters. The van der Waals surface area contributed by atoms with Crippen LogP contribution >= 0.6 is 11.3 Å². The second-order valence-corrected chi connectivity index (χ2v) is 9.72. The highest BCUT2D eigenvalue weighted by atomic mass is 32.2. The quantitative estimate of drug-likeness (QED) is 0.421. The van der Waals surface area contributed by atoms with Crippen molar-refractivity contribution in [3.63, 3.8) is 0 Å². The number of benzene rings is 1. The highest BCUT2D eigenvalue weighted by Crippen LogP contribution is 2.28. The van der Waals surface area contributed by atoms with Gasteiger partial charge in [-0.3, -0.25) is 9.52 Å². The number of hydrogen-bond donors (Lipinski definition) is 2. The Kier molecular flexibility index (Phi) is 4.94. The normalized spacial score (nSPS) is 14.3. The first-order valence-electron chi connectivity index (χ1n) is 9.49. The molecule has 1 fully saturated rings. The van der Waals surface area contributed by atoms with Gasteiger partial charge in [0.25, 0.3) is 10.0 Å². The molecule has 1 amide bonds. The molecule has 1 aliphatic heterocycles. The number of nitrogens with one attached hydrogen (secondary N) is 2. The van der Waals surface area contributed by atoms with Gasteiger partial charge in [0.1, 0.15) is 6.33 Å². The van der Waals surface area contributed by atoms with Crippen molar-refractivity contribution in [2.24, 2.45) is 13.0 Å². The van der Waals surface area contributed by atoms with E-state index >= 15 is 0 Å². The maximum Gasteiger partial charge on any atom is 0.263 e. The molecule has 12 nitrogen and oxygen atoms in total. The first-order chi connectivity index (χ1) is 15.4. The summed E-state index contributed by atoms with van der Waals surface area (Å²) in [6, 6.07) is 5.98. The van der Waals surface area contributed by atoms with Gasteiger partial charge in [-0.2, -0.15) is 0 Å². The number of hydrogen-bond acceptors (Lipinski definition) is 10. The molecular formula is C18H17N9O3S2. The van der Waals surface area contributed by atoms with Gasteiger partial charge in [-0.05, 0) is 24.3 Å². The van der Waals surface area contributed by atoms with Crippen molar-refractivity contribution in [3.8, 4) is 0 Å². The summed E-state index contributed by atoms with van der Waals surface area (Å²) in [6.07, 6.45) is 2.97. The van der Waals surface area contributed by atoms with Gasteiger partial charge < -0.3 is 10.2 Å². The summed E-state index contributed by atoms with van der Waals surface area (Å²) >= 11 is 1.19. The molecule has 0 saturated carbocycles. The molecule has 4 aromatic rings. The third kappa shape index (κ3) is 3.73. The largest absolute Gasteiger partial charge is 0.353 e. The number of thiazole rings is 1. The third-order valence-corrected chi connectivity index (χ3v) is 7.18. The number of carbonyl (C=O) groups excluding carboxylic acids is 1. The number of fused-ring (bicyclic) bond motifs is 1. The lowest BCUT2D eigenvalue weighted by Gasteiger charge is -2.38. The van der Waals surface area contributed by atoms with E-state index in [1.807, 2.05) is 4.90 Å². The maximum atomic E-state index is 12.6. The number of rotatable bonds is 6. The van der Waals surface area contributed by atoms with Crippen LogP contribution in [0.25, 0.3) is 11.2 Å². The topological polar surface area (TPSA) is 148 Å². The van der Waals surface area contributed by atoms with Crippen LogP contribution in [0.2, 0.25) is 0 Å². The van der Waals surface area contributed by atoms with Crippen LogP contribution in [0, 0.1) is 5.92 Å². The number of aromatic nitrogens is 6. The fraction of sp³-hybridized carbons (Fsp3) is 0.222. The number of amides is 1. The summed E-state index contributed by atoms with van der Waals surface area (Å²) < 4.78 is 28.8. The summed E-state index contributed by atoms with van der Waals surface area (Å²) in [5.74, 6) is 0.267. The molecule has 1 saturated heterocycles. The van der Waals surface area contributed by atoms with Crippen LogP contribution in [0.5, 0.6) is 0 Å². The van der Waals surface area contributed by atoms with Gasteiger partial charge in [0, 0.05) is 37.4 Å². The fourth-order valence-electron chi connectivity index (χ4n) is 3.30. The number of anilines is 3. The monoisotopic (exact) mass is 471 g/mol. The summed E-state index contributed by atoms with van der Waals surface area (Å²) in [5, 5.41) is 12.9. The van der Waals surface area contributed by atoms with E-state index in [9.17, 15) is 13.2 Å². The molecule has 5 rings (SSSR count). The van der Waals surface area contributed by atoms with Crippen molar-refractivity contribution in [2.75, 3.05) is 28.0 Å². The molecule has 0 radical (unpaired) electrons. The van der Waals surface area contributed by atoms with Crippen LogP contribution in [0.3, 0.4) is 0 Å². The Morgan fingerprint density at radius 2 is 1.94 bits per heavy atom. The van der Waals surface area contributed by atoms with E-state index < -0.39 is 10.0 Å². The lowest BCUT2D eigenvalue weighted by atomic mass is 9.99. The number of nitrogens with zero attached hydrogens (tertiary/aromatic N) is 7. The van der Waals surface area contributed by atoms with Crippen LogP contribution in [-0.4, -0.2) is 57.4 Å². The second-order valence-electron chi connectivity index (χ2n) is 7.14. The van der Waals surface area contributed by atoms with Crippen LogP contribution in [0.1, 0.15) is 0 Å². The van der Waals surface area contributed by atoms with Crippen molar-refractivity contribution in [2.45, 2.75) is 4.90 Å². The van der Waals surface area contributed by atoms with Crippen LogP contribution in [-0.2, 0) is 21.9 Å². The Labute approximate surface area is 186 Å². The minimum atomic E-state index is -3.74. The van der Waals surface area contributed by atoms with Gasteiger partial charge in [0.2, 0.25) is 5.91 Å². The van der Waals surface area contributed by atoms with E-state index in [0.717, 1.165) is 0 Å². The van der Waals surface area contributed by atoms with Crippen LogP contribution < -0.4 is 14.9 Å². The van der Waals surface area contributed by atoms with Gasteiger partial charge >= 0.3 is 0 Å². The number of aryl methyl sites for hydroxylation is 1. The van der Waals surface area contributed by atoms with E-state index in [1.165, 1.54) is 36.0 Å². The molecule has 0 bridgehead atoms. The number of carbonyl (C=O) groups is 1. The fourth-order valence-corrected chi connectivity index (χ4v) is 5.09. The predicted molar refractivity (Wildman–Crippen MR) is 118 cm³/mol. The van der Waals surface area contributed by atoms with Gasteiger partial charge in [-0.25, -0.2) is 28.1 Å². The molecule has 0 aliphatic carbocycles. The Bertz CT molecular complexity index is 1380. The molecule has 14 heteroatoms. The molecule has 32 heavy (non-hydrogen) atoms. The Morgan fingerprint density at radius 1 is 1.16 bits per heavy atom. The van der Waals surface area contributed by atoms with Crippen LogP contribution in [0.4, 0.5) is 16.6 Å². The zero-order valence-corrected chi connectivity index (χ0v) is 18.3. The lowest BCUT2D eigenvalue weighted by molar-refractivity contribution is -0.120. The molecule has 164 valence electrons. The molecule has 1 aromatic carbocycles. The third-order valence-electron chi connectivity index (χ3n) is 5.01. The zero-order chi connectivity index (χ0) is 22.3. The first-order valence-corrected chi connectivity index (χ1v) is 11.9. The Hall–Kier alpha value is -3.65. The van der Waals surface area contributed by atoms with E-state index in [2.05, 4.69) is 35.3 Å². The molecule has 0 unspecified atom stereocenters. The summed E-state index contributed by atoms with van der Waals surface area (Å²) in [6.45, 7) is 0.970. The molecule has 2 N–H and O–H groups in total. The molecule has 1 aliphatic rings. The van der Waals surface area contributed by atoms with Gasteiger partial charge in [-0.15, -0.1) is 16.4 Å². The average Bonchev–Trinajstić information content (AvgIpc) is 3.37. The molecular weight excluding hydrogens is 454 g/mol. The predicted octanol–water partition coefficient (Wildman–Crippen LogP) is 1.09. The van der Waals surface area contributed by atoms with Crippen molar-refractivity contribution in [1.29, 1.82) is 0 Å². The zero-order valence-electron chi connectivity index (χ0n) is 16.7. The number of sulfonamides is 1. The van der Waals surface area contributed by atoms with Gasteiger partial charge in [0.15, 0.2) is 22.1 Å². The second kappa shape index (κ2) is 7.80. The smallest absolute Gasteiger partial charge is 0.263 e. The first kappa shape index (κ1) is 20.3. The minimum absolute atomic E-state index is 0.0808. The van der Waals surface area contributed by atoms with Crippen molar-refractivity contribution in [1.82, 2.24) is 29.9 Å². The minimum Gasteiger partial charge on any atom is -0.353 e. The van der Waals surface area contributed by atoms with Gasteiger partial charge in [0.05, 0.1) is 10.8 Å². The van der Waals surface area contributed by atoms with Crippen molar-refractivity contribution in [3.05, 3.63) is 42.2 Å². The Morgan fingerprint density at radius 3 is 2.66 bits per heavy atom. The highest BCUT2D eigenvalue weighted by molar-refractivity contribution is 7.93. The lowest BCUT2D eigenvalue weighted by Crippen LogP contribution is -2.52. The van der Waals surface area contributed by atoms with E-state index in [1.54, 1.807) is 29.2 Å². The summed E-state index contributed by atoms with van der Waals surface area (Å²) in [5.41, 5.74) is 1.74. The Balaban J connectivity index is 1.21. The average molecular weight is 472 g/mol. The SMILES string of the molecule is Cn1nnc2c(N3CC(C(=O)Nc4ccc(S(=O)(=O)Nc5nccs5)cc4)C3)ncnc21. The van der Waals surface area contributed by atoms with Crippen LogP contribution in [0.15, 0.2) is 47.1 Å². The molecule has 3 aromatic heterocycles. The van der Waals surface area contributed by atoms with E-state index in [0.29, 0.717) is 40.9 Å². The van der Waals surface area contributed by atoms with E-state index in [-0.39, 0.29) is 16.7 Å². The van der Waals surface area contributed by atoms with Crippen molar-refractivity contribution < 1.29 is 13.2 Å². The standard InChI is InChI=1S/C18H17N9O3S2/c1-26-15-14(23-25-26)16(21-10-20-15)27-8-11(9-27)17(28)22-12-2-4-13(5-3-12)32(29,30)24-18-19-6-7-31-18/h2-7,10-11H,8-9H2,1H3,(H,19,24)(H,22,28). The van der Waals surface area contributed by atoms with Gasteiger partial charge in [-0.1, -0.05) is 5.21 Å². The molecule has 0 spiro atoms. The highest BCUT2D eigenvalue weighted by Gasteiger charge is 2.35.